The minimum absolute atomic E-state index is 0.0300. The van der Waals surface area contributed by atoms with E-state index in [1.165, 1.54) is 0 Å². The minimum Gasteiger partial charge on any atom is -0.379 e. The number of likely N-dealkylation sites (tertiary alicyclic amines) is 1. The molecule has 0 unspecified atom stereocenters. The second kappa shape index (κ2) is 11.0. The van der Waals surface area contributed by atoms with Gasteiger partial charge in [0, 0.05) is 45.2 Å². The number of alkyl halides is 3. The van der Waals surface area contributed by atoms with Crippen LogP contribution in [0.1, 0.15) is 31.2 Å². The quantitative estimate of drug-likeness (QED) is 0.475. The van der Waals surface area contributed by atoms with Crippen molar-refractivity contribution in [1.82, 2.24) is 9.80 Å². The third-order valence-electron chi connectivity index (χ3n) is 6.10. The molecule has 0 bridgehead atoms. The number of benzene rings is 1. The van der Waals surface area contributed by atoms with Gasteiger partial charge in [0.25, 0.3) is 5.69 Å². The van der Waals surface area contributed by atoms with Crippen LogP contribution in [0.4, 0.5) is 24.5 Å². The van der Waals surface area contributed by atoms with Crippen LogP contribution < -0.4 is 5.32 Å². The number of rotatable bonds is 8. The summed E-state index contributed by atoms with van der Waals surface area (Å²) in [7, 11) is 0. The van der Waals surface area contributed by atoms with E-state index in [2.05, 4.69) is 10.2 Å². The molecule has 1 amide bonds. The molecule has 1 N–H and O–H groups in total. The summed E-state index contributed by atoms with van der Waals surface area (Å²) in [4.78, 5) is 27.0. The van der Waals surface area contributed by atoms with E-state index >= 15 is 0 Å². The summed E-state index contributed by atoms with van der Waals surface area (Å²) in [6, 6.07) is 2.33. The predicted octanol–water partition coefficient (Wildman–Crippen LogP) is 3.38. The van der Waals surface area contributed by atoms with Gasteiger partial charge in [-0.05, 0) is 43.9 Å². The van der Waals surface area contributed by atoms with Crippen molar-refractivity contribution in [3.63, 3.8) is 0 Å². The topological polar surface area (TPSA) is 87.9 Å². The summed E-state index contributed by atoms with van der Waals surface area (Å²) in [6.45, 7) is 6.07. The van der Waals surface area contributed by atoms with Gasteiger partial charge in [0.1, 0.15) is 5.69 Å². The van der Waals surface area contributed by atoms with E-state index in [-0.39, 0.29) is 24.6 Å². The molecule has 0 saturated carbocycles. The average molecular weight is 458 g/mol. The highest BCUT2D eigenvalue weighted by atomic mass is 19.4. The standard InChI is InChI=1S/C21H29F3N4O4/c22-21(23,24)17-1-2-18(19(15-17)28(30)31)25-7-3-20(29)27-9-5-16(6-10-27)4-8-26-11-13-32-14-12-26/h1-2,15-16,25H,3-14H2. The molecule has 178 valence electrons. The Morgan fingerprint density at radius 1 is 1.19 bits per heavy atom. The van der Waals surface area contributed by atoms with Crippen LogP contribution in [0.25, 0.3) is 0 Å². The van der Waals surface area contributed by atoms with Gasteiger partial charge < -0.3 is 15.0 Å². The Hall–Kier alpha value is -2.40. The molecule has 2 saturated heterocycles. The molecule has 0 spiro atoms. The van der Waals surface area contributed by atoms with Crippen LogP contribution in [0, 0.1) is 16.0 Å². The first-order valence-electron chi connectivity index (χ1n) is 10.9. The van der Waals surface area contributed by atoms with E-state index in [1.807, 2.05) is 0 Å². The number of hydrogen-bond donors (Lipinski definition) is 1. The summed E-state index contributed by atoms with van der Waals surface area (Å²) >= 11 is 0. The van der Waals surface area contributed by atoms with Crippen molar-refractivity contribution in [2.45, 2.75) is 31.9 Å². The Bertz CT molecular complexity index is 792. The lowest BCUT2D eigenvalue weighted by Gasteiger charge is -2.34. The number of carbonyl (C=O) groups excluding carboxylic acids is 1. The van der Waals surface area contributed by atoms with Crippen LogP contribution in [-0.4, -0.2) is 73.1 Å². The van der Waals surface area contributed by atoms with E-state index < -0.39 is 22.4 Å². The van der Waals surface area contributed by atoms with Gasteiger partial charge in [-0.1, -0.05) is 0 Å². The van der Waals surface area contributed by atoms with Crippen molar-refractivity contribution in [2.24, 2.45) is 5.92 Å². The lowest BCUT2D eigenvalue weighted by atomic mass is 9.93. The van der Waals surface area contributed by atoms with Gasteiger partial charge >= 0.3 is 6.18 Å². The summed E-state index contributed by atoms with van der Waals surface area (Å²) in [5, 5.41) is 13.9. The van der Waals surface area contributed by atoms with Crippen LogP contribution in [0.15, 0.2) is 18.2 Å². The highest BCUT2D eigenvalue weighted by Gasteiger charge is 2.33. The average Bonchev–Trinajstić information content (AvgIpc) is 2.78. The summed E-state index contributed by atoms with van der Waals surface area (Å²) in [6.07, 6.45) is -1.52. The summed E-state index contributed by atoms with van der Waals surface area (Å²) in [5.41, 5.74) is -1.77. The van der Waals surface area contributed by atoms with Crippen LogP contribution in [0.2, 0.25) is 0 Å². The number of morpholine rings is 1. The Morgan fingerprint density at radius 3 is 2.50 bits per heavy atom. The number of nitrogens with zero attached hydrogens (tertiary/aromatic N) is 3. The monoisotopic (exact) mass is 458 g/mol. The van der Waals surface area contributed by atoms with Crippen molar-refractivity contribution in [3.05, 3.63) is 33.9 Å². The fourth-order valence-electron chi connectivity index (χ4n) is 4.13. The first-order valence-corrected chi connectivity index (χ1v) is 10.9. The SMILES string of the molecule is O=C(CCNc1ccc(C(F)(F)F)cc1[N+](=O)[O-])N1CCC(CCN2CCOCC2)CC1. The molecule has 3 rings (SSSR count). The zero-order chi connectivity index (χ0) is 23.1. The second-order valence-electron chi connectivity index (χ2n) is 8.23. The molecule has 11 heteroatoms. The van der Waals surface area contributed by atoms with E-state index in [9.17, 15) is 28.1 Å². The van der Waals surface area contributed by atoms with Gasteiger partial charge in [0.2, 0.25) is 5.91 Å². The number of anilines is 1. The number of halogens is 3. The fraction of sp³-hybridized carbons (Fsp3) is 0.667. The summed E-state index contributed by atoms with van der Waals surface area (Å²) < 4.78 is 43.8. The van der Waals surface area contributed by atoms with Gasteiger partial charge in [-0.3, -0.25) is 19.8 Å². The Balaban J connectivity index is 1.41. The van der Waals surface area contributed by atoms with Crippen molar-refractivity contribution in [3.8, 4) is 0 Å². The van der Waals surface area contributed by atoms with Crippen molar-refractivity contribution in [2.75, 3.05) is 57.8 Å². The van der Waals surface area contributed by atoms with E-state index in [0.717, 1.165) is 64.2 Å². The molecule has 2 heterocycles. The van der Waals surface area contributed by atoms with Gasteiger partial charge in [-0.15, -0.1) is 0 Å². The highest BCUT2D eigenvalue weighted by Crippen LogP contribution is 2.35. The number of hydrogen-bond acceptors (Lipinski definition) is 6. The number of piperidine rings is 1. The number of nitrogens with one attached hydrogen (secondary N) is 1. The molecular formula is C21H29F3N4O4. The molecule has 8 nitrogen and oxygen atoms in total. The maximum absolute atomic E-state index is 12.8. The third kappa shape index (κ3) is 6.80. The van der Waals surface area contributed by atoms with Gasteiger partial charge in [0.05, 0.1) is 23.7 Å². The molecule has 0 radical (unpaired) electrons. The zero-order valence-corrected chi connectivity index (χ0v) is 17.9. The molecule has 32 heavy (non-hydrogen) atoms. The van der Waals surface area contributed by atoms with E-state index in [0.29, 0.717) is 25.1 Å². The van der Waals surface area contributed by atoms with E-state index in [1.54, 1.807) is 4.90 Å². The van der Waals surface area contributed by atoms with Gasteiger partial charge in [0.15, 0.2) is 0 Å². The molecule has 0 atom stereocenters. The molecule has 1 aromatic carbocycles. The first kappa shape index (κ1) is 24.2. The Labute approximate surface area is 184 Å². The second-order valence-corrected chi connectivity index (χ2v) is 8.23. The number of carbonyl (C=O) groups is 1. The fourth-order valence-corrected chi connectivity index (χ4v) is 4.13. The van der Waals surface area contributed by atoms with Crippen LogP contribution >= 0.6 is 0 Å². The minimum atomic E-state index is -4.66. The van der Waals surface area contributed by atoms with Gasteiger partial charge in [-0.25, -0.2) is 0 Å². The number of ether oxygens (including phenoxy) is 1. The molecule has 2 fully saturated rings. The lowest BCUT2D eigenvalue weighted by Crippen LogP contribution is -2.41. The van der Waals surface area contributed by atoms with Crippen molar-refractivity contribution < 1.29 is 27.6 Å². The molecule has 0 aliphatic carbocycles. The summed E-state index contributed by atoms with van der Waals surface area (Å²) in [5.74, 6) is 0.536. The molecular weight excluding hydrogens is 429 g/mol. The lowest BCUT2D eigenvalue weighted by molar-refractivity contribution is -0.384. The van der Waals surface area contributed by atoms with Crippen molar-refractivity contribution >= 4 is 17.3 Å². The smallest absolute Gasteiger partial charge is 0.379 e. The first-order chi connectivity index (χ1) is 15.2. The van der Waals surface area contributed by atoms with Gasteiger partial charge in [-0.2, -0.15) is 13.2 Å². The Kier molecular flexibility index (Phi) is 8.30. The largest absolute Gasteiger partial charge is 0.416 e. The zero-order valence-electron chi connectivity index (χ0n) is 17.9. The maximum atomic E-state index is 12.8. The molecule has 2 aliphatic rings. The number of nitro benzene ring substituents is 1. The predicted molar refractivity (Wildman–Crippen MR) is 112 cm³/mol. The number of nitro groups is 1. The number of amides is 1. The molecule has 1 aromatic rings. The maximum Gasteiger partial charge on any atom is 0.416 e. The van der Waals surface area contributed by atoms with Crippen molar-refractivity contribution in [1.29, 1.82) is 0 Å². The van der Waals surface area contributed by atoms with Crippen LogP contribution in [0.3, 0.4) is 0 Å². The molecule has 0 aromatic heterocycles. The van der Waals surface area contributed by atoms with E-state index in [4.69, 9.17) is 4.74 Å². The Morgan fingerprint density at radius 2 is 1.88 bits per heavy atom. The third-order valence-corrected chi connectivity index (χ3v) is 6.10. The normalized spacial score (nSPS) is 18.5. The van der Waals surface area contributed by atoms with Crippen LogP contribution in [0.5, 0.6) is 0 Å². The highest BCUT2D eigenvalue weighted by molar-refractivity contribution is 5.77. The molecule has 2 aliphatic heterocycles. The van der Waals surface area contributed by atoms with Crippen LogP contribution in [-0.2, 0) is 15.7 Å².